The van der Waals surface area contributed by atoms with E-state index in [1.165, 1.54) is 78.5 Å². The second-order valence-corrected chi connectivity index (χ2v) is 34.1. The number of Topliss-reactive ketones (excluding diaryl/α,β-unsaturated/α-hetero) is 6. The molecule has 36 heteroatoms. The van der Waals surface area contributed by atoms with Gasteiger partial charge in [0, 0.05) is 78.6 Å². The summed E-state index contributed by atoms with van der Waals surface area (Å²) in [5.41, 5.74) is 11.6. The molecule has 9 heterocycles. The highest BCUT2D eigenvalue weighted by molar-refractivity contribution is 14.1. The van der Waals surface area contributed by atoms with Crippen molar-refractivity contribution in [2.75, 3.05) is 0 Å². The van der Waals surface area contributed by atoms with Gasteiger partial charge in [0.05, 0.1) is 84.6 Å². The number of hydrogen-bond donors (Lipinski definition) is 5. The molecule has 0 saturated heterocycles. The SMILES string of the molecule is CC(=O)c1c(C)nc(-c2ccc3c(ccn3C)c2)c(O)c1OCc1ccccc1.CC(=O)c1c(C)nc(Br)c(O)c1OCc1ccccc1.CC(=O)c1c(C)ncc(I)c1OCc1ccccc1.CC(=O)c1c(C)ncc(O)c1OCc1ccccc1.CC(=O)c1c(Cl)ccnc1Cl.CC(=O)c1c(Cl)ncc(I)c1Cl.Cn1ccc2cc(O[B]O)ccc21.O=C(O)c1c(Cl)ccnc1Cl. The lowest BCUT2D eigenvalue weighted by atomic mass is 10.0. The van der Waals surface area contributed by atoms with E-state index in [-0.39, 0.29) is 125 Å². The molecule has 0 atom stereocenters. The van der Waals surface area contributed by atoms with E-state index < -0.39 is 5.97 Å². The number of nitrogens with zero attached hydrogens (tertiary/aromatic N) is 9. The third kappa shape index (κ3) is 30.0. The fourth-order valence-corrected chi connectivity index (χ4v) is 15.8. The summed E-state index contributed by atoms with van der Waals surface area (Å²) in [6.07, 6.45) is 11.3. The van der Waals surface area contributed by atoms with Crippen molar-refractivity contribution in [1.82, 2.24) is 44.0 Å². The summed E-state index contributed by atoms with van der Waals surface area (Å²) in [5, 5.41) is 51.0. The number of fused-ring (bicyclic) bond motifs is 2. The number of aromatic hydroxyl groups is 3. The molecule has 0 spiro atoms. The number of carbonyl (C=O) groups excluding carboxylic acids is 6. The lowest BCUT2D eigenvalue weighted by molar-refractivity contribution is 0.0695. The molecule has 0 aliphatic rings. The van der Waals surface area contributed by atoms with Crippen LogP contribution in [0.3, 0.4) is 0 Å². The fraction of sp³-hybridized carbons (Fsp3) is 0.163. The zero-order chi connectivity index (χ0) is 98.3. The van der Waals surface area contributed by atoms with Crippen molar-refractivity contribution in [1.29, 1.82) is 0 Å². The molecule has 0 saturated carbocycles. The van der Waals surface area contributed by atoms with Crippen molar-refractivity contribution >= 4 is 201 Å². The van der Waals surface area contributed by atoms with E-state index in [2.05, 4.69) is 73.4 Å². The van der Waals surface area contributed by atoms with Crippen molar-refractivity contribution in [2.45, 2.75) is 95.7 Å². The average molecular weight is 2220 g/mol. The Bertz CT molecular complexity index is 6530. The molecule has 134 heavy (non-hydrogen) atoms. The Hall–Kier alpha value is -12.0. The highest BCUT2D eigenvalue weighted by atomic mass is 127. The fourth-order valence-electron chi connectivity index (χ4n) is 12.7. The number of carboxylic acid groups (broad SMARTS) is 1. The number of aromatic carboxylic acids is 1. The van der Waals surface area contributed by atoms with Crippen LogP contribution in [0.5, 0.6) is 46.0 Å². The van der Waals surface area contributed by atoms with Crippen LogP contribution in [0.15, 0.2) is 230 Å². The monoisotopic (exact) mass is 2210 g/mol. The quantitative estimate of drug-likeness (QED) is 0.0182. The van der Waals surface area contributed by atoms with Gasteiger partial charge < -0.3 is 58.2 Å². The topological polar surface area (TPSA) is 367 Å². The number of benzene rings is 6. The molecule has 15 rings (SSSR count). The van der Waals surface area contributed by atoms with Crippen LogP contribution in [0.2, 0.25) is 30.5 Å². The summed E-state index contributed by atoms with van der Waals surface area (Å²) in [7, 11) is 4.66. The zero-order valence-electron chi connectivity index (χ0n) is 73.8. The van der Waals surface area contributed by atoms with Crippen LogP contribution in [0.25, 0.3) is 33.1 Å². The predicted molar refractivity (Wildman–Crippen MR) is 540 cm³/mol. The minimum atomic E-state index is -1.17. The van der Waals surface area contributed by atoms with Gasteiger partial charge in [-0.15, -0.1) is 0 Å². The molecule has 0 aliphatic carbocycles. The van der Waals surface area contributed by atoms with Gasteiger partial charge in [-0.2, -0.15) is 0 Å². The van der Waals surface area contributed by atoms with E-state index in [1.807, 2.05) is 235 Å². The number of rotatable bonds is 22. The van der Waals surface area contributed by atoms with Gasteiger partial charge in [0.25, 0.3) is 0 Å². The number of pyridine rings is 7. The van der Waals surface area contributed by atoms with Crippen molar-refractivity contribution in [3.05, 3.63) is 352 Å². The molecule has 5 N–H and O–H groups in total. The highest BCUT2D eigenvalue weighted by Crippen LogP contribution is 2.43. The Labute approximate surface area is 838 Å². The van der Waals surface area contributed by atoms with Crippen LogP contribution in [-0.2, 0) is 40.5 Å². The normalized spacial score (nSPS) is 10.3. The summed E-state index contributed by atoms with van der Waals surface area (Å²) in [6.45, 7) is 16.9. The molecule has 26 nitrogen and oxygen atoms in total. The van der Waals surface area contributed by atoms with E-state index in [0.717, 1.165) is 56.8 Å². The Balaban J connectivity index is 0.000000193. The second kappa shape index (κ2) is 52.1. The number of aromatic nitrogens is 9. The molecule has 1 radical (unpaired) electrons. The second-order valence-electron chi connectivity index (χ2n) is 28.8. The largest absolute Gasteiger partial charge is 0.569 e. The van der Waals surface area contributed by atoms with Gasteiger partial charge in [0.15, 0.2) is 73.8 Å². The van der Waals surface area contributed by atoms with Crippen molar-refractivity contribution < 1.29 is 82.6 Å². The molecular formula is C98H86BBrCl6I2N9O17. The summed E-state index contributed by atoms with van der Waals surface area (Å²) in [6, 6.07) is 57.0. The summed E-state index contributed by atoms with van der Waals surface area (Å²) < 4.78 is 33.7. The molecule has 0 bridgehead atoms. The van der Waals surface area contributed by atoms with Crippen LogP contribution in [0.1, 0.15) is 159 Å². The number of aryl methyl sites for hydroxylation is 6. The van der Waals surface area contributed by atoms with Gasteiger partial charge in [-0.1, -0.05) is 197 Å². The summed E-state index contributed by atoms with van der Waals surface area (Å²) in [4.78, 5) is 108. The van der Waals surface area contributed by atoms with E-state index in [4.69, 9.17) is 103 Å². The van der Waals surface area contributed by atoms with Crippen LogP contribution in [0, 0.1) is 34.8 Å². The van der Waals surface area contributed by atoms with Crippen LogP contribution in [-0.4, -0.2) is 118 Å². The molecular weight excluding hydrogens is 2130 g/mol. The van der Waals surface area contributed by atoms with Crippen molar-refractivity contribution in [2.24, 2.45) is 14.1 Å². The van der Waals surface area contributed by atoms with Gasteiger partial charge in [-0.05, 0) is 207 Å². The Morgan fingerprint density at radius 2 is 0.784 bits per heavy atom. The first-order chi connectivity index (χ1) is 63.7. The third-order valence-corrected chi connectivity index (χ3v) is 23.4. The molecule has 6 aromatic carbocycles. The van der Waals surface area contributed by atoms with Crippen LogP contribution < -0.4 is 23.6 Å². The Morgan fingerprint density at radius 3 is 1.19 bits per heavy atom. The van der Waals surface area contributed by atoms with E-state index in [9.17, 15) is 48.9 Å². The van der Waals surface area contributed by atoms with Gasteiger partial charge in [-0.3, -0.25) is 38.7 Å². The molecule has 0 amide bonds. The molecule has 9 aromatic heterocycles. The van der Waals surface area contributed by atoms with Crippen molar-refractivity contribution in [3.63, 3.8) is 0 Å². The minimum Gasteiger partial charge on any atom is -0.537 e. The Morgan fingerprint density at radius 1 is 0.410 bits per heavy atom. The first-order valence-electron chi connectivity index (χ1n) is 40.0. The van der Waals surface area contributed by atoms with Crippen LogP contribution >= 0.6 is 131 Å². The van der Waals surface area contributed by atoms with Crippen molar-refractivity contribution in [3.8, 4) is 57.3 Å². The van der Waals surface area contributed by atoms with Gasteiger partial charge in [0.1, 0.15) is 64.6 Å². The van der Waals surface area contributed by atoms with Crippen LogP contribution in [0.4, 0.5) is 0 Å². The maximum absolute atomic E-state index is 12.2. The molecule has 15 aromatic rings. The number of carboxylic acids is 1. The third-order valence-electron chi connectivity index (χ3n) is 19.0. The maximum Gasteiger partial charge on any atom is 0.569 e. The van der Waals surface area contributed by atoms with E-state index in [0.29, 0.717) is 92.1 Å². The molecule has 0 aliphatic heterocycles. The smallest absolute Gasteiger partial charge is 0.537 e. The minimum absolute atomic E-state index is 0.0217. The standard InChI is InChI=1S/C24H22N2O3.C15H14BrNO3.C15H14INO2.C15H15NO3.C9H9BNO2.C7H4Cl2INO.C7H5Cl2NO.C6H3Cl2NO2/c1-15-21(16(2)27)24(29-14-17-7-5-4-6-8-17)23(28)22(25-15)19-9-10-20-18(13-19)11-12-26(20)3;1-9-12(10(2)18)14(13(19)15(16)17-9)20-8-11-6-4-3-5-7-11;1-10-14(11(2)18)15(13(16)8-17-10)19-9-12-6-4-3-5-7-12;1-10-14(11(2)17)15(13(18)8-16-10)19-9-12-6-4-3-5-7-12;1-11-5-4-7-6-8(13-10-12)2-3-9(7)11;1-3(12)5-6(8)4(10)2-11-7(5)9;1-4(11)6-5(8)2-3-10-7(6)9;7-3-1-2-9-5(8)4(3)6(10)11/h4-13,28H,14H2,1-3H3;3-7,19H,8H2,1-2H3;3-8H,9H2,1-2H3;3-8,18H,9H2,1-2H3;2-6,12H,1H3;2H,1H3;2-3H,1H3;1-2H,(H,10,11). The lowest BCUT2D eigenvalue weighted by Gasteiger charge is -2.16. The van der Waals surface area contributed by atoms with Gasteiger partial charge >= 0.3 is 13.7 Å². The first kappa shape index (κ1) is 107. The predicted octanol–water partition coefficient (Wildman–Crippen LogP) is 24.3. The maximum atomic E-state index is 12.2. The lowest BCUT2D eigenvalue weighted by Crippen LogP contribution is -2.07. The molecule has 0 fully saturated rings. The number of carbonyl (C=O) groups is 7. The van der Waals surface area contributed by atoms with E-state index >= 15 is 0 Å². The zero-order valence-corrected chi connectivity index (χ0v) is 84.3. The first-order valence-corrected chi connectivity index (χ1v) is 45.2. The molecule has 691 valence electrons. The van der Waals surface area contributed by atoms with Gasteiger partial charge in [-0.25, -0.2) is 29.7 Å². The average Bonchev–Trinajstić information content (AvgIpc) is 1.27. The van der Waals surface area contributed by atoms with Gasteiger partial charge in [0.2, 0.25) is 0 Å². The summed E-state index contributed by atoms with van der Waals surface area (Å²) >= 11 is 41.1. The number of ketones is 6. The Kier molecular flexibility index (Phi) is 41.7. The number of hydrogen-bond acceptors (Lipinski definition) is 23. The molecule has 0 unspecified atom stereocenters. The summed E-state index contributed by atoms with van der Waals surface area (Å²) in [5.74, 6) is -0.685. The number of ether oxygens (including phenoxy) is 4. The highest BCUT2D eigenvalue weighted by Gasteiger charge is 2.26. The number of halogens is 9. The van der Waals surface area contributed by atoms with E-state index in [1.54, 1.807) is 27.0 Å².